The number of benzene rings is 2. The summed E-state index contributed by atoms with van der Waals surface area (Å²) in [6, 6.07) is 14.9. The number of aromatic amines is 1. The number of carbonyl (C=O) groups is 1. The highest BCUT2D eigenvalue weighted by Gasteiger charge is 2.24. The molecule has 0 saturated carbocycles. The second-order valence-electron chi connectivity index (χ2n) is 8.34. The zero-order chi connectivity index (χ0) is 26.4. The van der Waals surface area contributed by atoms with Gasteiger partial charge in [0.25, 0.3) is 11.5 Å². The van der Waals surface area contributed by atoms with Crippen molar-refractivity contribution < 1.29 is 23.0 Å². The van der Waals surface area contributed by atoms with Crippen LogP contribution in [0.25, 0.3) is 0 Å². The summed E-state index contributed by atoms with van der Waals surface area (Å²) in [4.78, 5) is 25.0. The van der Waals surface area contributed by atoms with Crippen LogP contribution in [0.5, 0.6) is 5.75 Å². The van der Waals surface area contributed by atoms with Crippen LogP contribution < -0.4 is 15.6 Å². The summed E-state index contributed by atoms with van der Waals surface area (Å²) in [5, 5.41) is 9.45. The number of pyridine rings is 1. The fourth-order valence-electron chi connectivity index (χ4n) is 4.06. The number of amides is 1. The second-order valence-corrected chi connectivity index (χ2v) is 8.34. The fraction of sp³-hybridized carbons (Fsp3) is 0.222. The van der Waals surface area contributed by atoms with E-state index in [0.717, 1.165) is 17.2 Å². The summed E-state index contributed by atoms with van der Waals surface area (Å²) < 4.78 is 40.6. The lowest BCUT2D eigenvalue weighted by molar-refractivity contribution is 0.0948. The molecule has 1 amide bonds. The molecule has 8 nitrogen and oxygen atoms in total. The summed E-state index contributed by atoms with van der Waals surface area (Å²) in [7, 11) is 2.83. The van der Waals surface area contributed by atoms with Gasteiger partial charge in [-0.15, -0.1) is 0 Å². The van der Waals surface area contributed by atoms with Crippen LogP contribution in [0.3, 0.4) is 0 Å². The molecule has 4 rings (SSSR count). The summed E-state index contributed by atoms with van der Waals surface area (Å²) in [5.41, 5.74) is 2.11. The van der Waals surface area contributed by atoms with E-state index < -0.39 is 17.5 Å². The average Bonchev–Trinajstić information content (AvgIpc) is 3.39. The predicted octanol–water partition coefficient (Wildman–Crippen LogP) is 3.61. The zero-order valence-corrected chi connectivity index (χ0v) is 20.3. The molecule has 10 heteroatoms. The molecule has 0 aliphatic carbocycles. The van der Waals surface area contributed by atoms with Gasteiger partial charge in [0.1, 0.15) is 5.82 Å². The number of nitrogens with one attached hydrogen (secondary N) is 2. The highest BCUT2D eigenvalue weighted by atomic mass is 19.1. The van der Waals surface area contributed by atoms with Gasteiger partial charge >= 0.3 is 0 Å². The summed E-state index contributed by atoms with van der Waals surface area (Å²) in [6.45, 7) is 0.296. The minimum absolute atomic E-state index is 0.0920. The average molecular weight is 509 g/mol. The van der Waals surface area contributed by atoms with Gasteiger partial charge in [-0.25, -0.2) is 8.78 Å². The van der Waals surface area contributed by atoms with Crippen LogP contribution in [0.2, 0.25) is 0 Å². The molecule has 2 heterocycles. The molecule has 0 fully saturated rings. The predicted molar refractivity (Wildman–Crippen MR) is 133 cm³/mol. The quantitative estimate of drug-likeness (QED) is 0.341. The maximum Gasteiger partial charge on any atom is 0.255 e. The van der Waals surface area contributed by atoms with Crippen LogP contribution in [-0.4, -0.2) is 41.5 Å². The minimum atomic E-state index is -0.870. The Balaban J connectivity index is 1.53. The van der Waals surface area contributed by atoms with Crippen molar-refractivity contribution in [1.82, 2.24) is 20.1 Å². The van der Waals surface area contributed by atoms with Gasteiger partial charge in [0, 0.05) is 37.4 Å². The molecule has 4 aromatic rings. The Morgan fingerprint density at radius 1 is 1.11 bits per heavy atom. The van der Waals surface area contributed by atoms with Gasteiger partial charge in [0.05, 0.1) is 37.7 Å². The van der Waals surface area contributed by atoms with Crippen molar-refractivity contribution >= 4 is 5.91 Å². The number of ether oxygens (including phenoxy) is 2. The number of hydrogen-bond donors (Lipinski definition) is 2. The lowest BCUT2D eigenvalue weighted by Gasteiger charge is -2.18. The van der Waals surface area contributed by atoms with Gasteiger partial charge in [-0.3, -0.25) is 14.7 Å². The van der Waals surface area contributed by atoms with Crippen LogP contribution in [0.15, 0.2) is 71.8 Å². The number of methoxy groups -OCH3 is 2. The Bertz CT molecular complexity index is 1430. The van der Waals surface area contributed by atoms with Gasteiger partial charge in [-0.2, -0.15) is 5.10 Å². The first-order valence-electron chi connectivity index (χ1n) is 11.5. The highest BCUT2D eigenvalue weighted by molar-refractivity contribution is 5.95. The van der Waals surface area contributed by atoms with Crippen molar-refractivity contribution in [2.75, 3.05) is 20.8 Å². The Kier molecular flexibility index (Phi) is 8.09. The normalized spacial score (nSPS) is 11.8. The molecule has 0 bridgehead atoms. The standard InChI is InChI=1S/C27H26F2N4O4/c1-36-16-21(18-8-6-17(7-9-18)15-33-12-4-3-5-24(33)34)26-20(14-31-32-26)27(35)30-13-19-22(28)10-11-23(37-2)25(19)29/h3-12,14,21H,13,15-16H2,1-2H3,(H,30,35)(H,31,32). The van der Waals surface area contributed by atoms with E-state index in [9.17, 15) is 18.4 Å². The number of aromatic nitrogens is 3. The lowest BCUT2D eigenvalue weighted by Crippen LogP contribution is -2.26. The molecule has 0 spiro atoms. The van der Waals surface area contributed by atoms with Crippen molar-refractivity contribution in [3.63, 3.8) is 0 Å². The highest BCUT2D eigenvalue weighted by Crippen LogP contribution is 2.27. The van der Waals surface area contributed by atoms with Gasteiger partial charge in [-0.05, 0) is 29.3 Å². The Morgan fingerprint density at radius 2 is 1.89 bits per heavy atom. The molecule has 1 atom stereocenters. The molecular formula is C27H26F2N4O4. The van der Waals surface area contributed by atoms with Crippen LogP contribution in [-0.2, 0) is 17.8 Å². The van der Waals surface area contributed by atoms with E-state index in [4.69, 9.17) is 9.47 Å². The molecule has 2 aromatic heterocycles. The Labute approximate surface area is 211 Å². The van der Waals surface area contributed by atoms with Crippen LogP contribution >= 0.6 is 0 Å². The second kappa shape index (κ2) is 11.6. The summed E-state index contributed by atoms with van der Waals surface area (Å²) >= 11 is 0. The van der Waals surface area contributed by atoms with Gasteiger partial charge in [0.2, 0.25) is 0 Å². The third-order valence-corrected chi connectivity index (χ3v) is 6.03. The van der Waals surface area contributed by atoms with Gasteiger partial charge in [0.15, 0.2) is 11.6 Å². The molecule has 0 radical (unpaired) electrons. The zero-order valence-electron chi connectivity index (χ0n) is 20.3. The van der Waals surface area contributed by atoms with E-state index >= 15 is 0 Å². The number of H-pyrrole nitrogens is 1. The van der Waals surface area contributed by atoms with Crippen molar-refractivity contribution in [3.8, 4) is 5.75 Å². The molecule has 0 aliphatic rings. The first-order valence-corrected chi connectivity index (χ1v) is 11.5. The van der Waals surface area contributed by atoms with Crippen molar-refractivity contribution in [3.05, 3.63) is 117 Å². The molecule has 37 heavy (non-hydrogen) atoms. The molecule has 2 aromatic carbocycles. The number of nitrogens with zero attached hydrogens (tertiary/aromatic N) is 2. The van der Waals surface area contributed by atoms with E-state index in [2.05, 4.69) is 15.5 Å². The van der Waals surface area contributed by atoms with Crippen LogP contribution in [0, 0.1) is 11.6 Å². The molecule has 0 aliphatic heterocycles. The molecule has 1 unspecified atom stereocenters. The van der Waals surface area contributed by atoms with E-state index in [0.29, 0.717) is 12.2 Å². The first kappa shape index (κ1) is 25.8. The van der Waals surface area contributed by atoms with Crippen LogP contribution in [0.1, 0.15) is 38.7 Å². The number of rotatable bonds is 10. The number of halogens is 2. The maximum atomic E-state index is 14.5. The summed E-state index contributed by atoms with van der Waals surface area (Å²) in [5.74, 6) is -2.69. The van der Waals surface area contributed by atoms with E-state index in [-0.39, 0.29) is 41.5 Å². The van der Waals surface area contributed by atoms with Crippen molar-refractivity contribution in [2.24, 2.45) is 0 Å². The van der Waals surface area contributed by atoms with E-state index in [1.165, 1.54) is 25.4 Å². The first-order chi connectivity index (χ1) is 17.9. The molecule has 192 valence electrons. The SMILES string of the molecule is COCC(c1ccc(Cn2ccccc2=O)cc1)c1[nH]ncc1C(=O)NCc1c(F)ccc(OC)c1F. The lowest BCUT2D eigenvalue weighted by atomic mass is 9.93. The topological polar surface area (TPSA) is 98.2 Å². The number of hydrogen-bond acceptors (Lipinski definition) is 5. The third-order valence-electron chi connectivity index (χ3n) is 6.03. The van der Waals surface area contributed by atoms with E-state index in [1.807, 2.05) is 24.3 Å². The summed E-state index contributed by atoms with van der Waals surface area (Å²) in [6.07, 6.45) is 3.09. The Morgan fingerprint density at radius 3 is 2.59 bits per heavy atom. The van der Waals surface area contributed by atoms with Crippen LogP contribution in [0.4, 0.5) is 8.78 Å². The molecule has 2 N–H and O–H groups in total. The largest absolute Gasteiger partial charge is 0.494 e. The van der Waals surface area contributed by atoms with E-state index in [1.54, 1.807) is 30.0 Å². The van der Waals surface area contributed by atoms with Gasteiger partial charge in [-0.1, -0.05) is 30.3 Å². The fourth-order valence-corrected chi connectivity index (χ4v) is 4.06. The van der Waals surface area contributed by atoms with Crippen molar-refractivity contribution in [1.29, 1.82) is 0 Å². The smallest absolute Gasteiger partial charge is 0.255 e. The maximum absolute atomic E-state index is 14.5. The Hall–Kier alpha value is -4.31. The molecule has 0 saturated heterocycles. The molecular weight excluding hydrogens is 482 g/mol. The monoisotopic (exact) mass is 508 g/mol. The van der Waals surface area contributed by atoms with Crippen molar-refractivity contribution in [2.45, 2.75) is 19.0 Å². The van der Waals surface area contributed by atoms with Gasteiger partial charge < -0.3 is 19.4 Å². The minimum Gasteiger partial charge on any atom is -0.494 e. The number of carbonyl (C=O) groups excluding carboxylic acids is 1. The third kappa shape index (κ3) is 5.75.